The van der Waals surface area contributed by atoms with E-state index in [9.17, 15) is 4.79 Å². The van der Waals surface area contributed by atoms with Crippen LogP contribution < -0.4 is 10.1 Å². The summed E-state index contributed by atoms with van der Waals surface area (Å²) >= 11 is 0. The highest BCUT2D eigenvalue weighted by Gasteiger charge is 1.98. The van der Waals surface area contributed by atoms with Crippen LogP contribution in [0, 0.1) is 13.8 Å². The highest BCUT2D eigenvalue weighted by atomic mass is 16.5. The minimum atomic E-state index is -0.736. The molecule has 106 valence electrons. The fourth-order valence-corrected chi connectivity index (χ4v) is 1.68. The standard InChI is InChI=1S/C15H23NO3/c1-12-6-7-14(11-13(12)2)19-10-4-9-16-8-3-5-15(17)18/h6-7,11,16H,3-5,8-10H2,1-2H3,(H,17,18). The van der Waals surface area contributed by atoms with Crippen molar-refractivity contribution in [3.05, 3.63) is 29.3 Å². The van der Waals surface area contributed by atoms with Crippen LogP contribution in [0.5, 0.6) is 5.75 Å². The molecule has 2 N–H and O–H groups in total. The maximum Gasteiger partial charge on any atom is 0.303 e. The Kier molecular flexibility index (Phi) is 6.97. The summed E-state index contributed by atoms with van der Waals surface area (Å²) < 4.78 is 5.65. The van der Waals surface area contributed by atoms with Crippen LogP contribution in [0.2, 0.25) is 0 Å². The molecule has 0 radical (unpaired) electrons. The minimum absolute atomic E-state index is 0.228. The van der Waals surface area contributed by atoms with Gasteiger partial charge in [0.15, 0.2) is 0 Å². The summed E-state index contributed by atoms with van der Waals surface area (Å²) in [5.41, 5.74) is 2.51. The lowest BCUT2D eigenvalue weighted by atomic mass is 10.1. The fourth-order valence-electron chi connectivity index (χ4n) is 1.68. The Morgan fingerprint density at radius 1 is 1.21 bits per heavy atom. The van der Waals surface area contributed by atoms with Gasteiger partial charge in [0.05, 0.1) is 6.61 Å². The van der Waals surface area contributed by atoms with Gasteiger partial charge in [-0.1, -0.05) is 6.07 Å². The number of rotatable bonds is 9. The highest BCUT2D eigenvalue weighted by Crippen LogP contribution is 2.16. The van der Waals surface area contributed by atoms with E-state index in [0.29, 0.717) is 13.0 Å². The molecule has 0 aliphatic carbocycles. The smallest absolute Gasteiger partial charge is 0.303 e. The molecule has 19 heavy (non-hydrogen) atoms. The Balaban J connectivity index is 2.04. The number of aliphatic carboxylic acids is 1. The van der Waals surface area contributed by atoms with Crippen molar-refractivity contribution < 1.29 is 14.6 Å². The predicted molar refractivity (Wildman–Crippen MR) is 75.8 cm³/mol. The normalized spacial score (nSPS) is 10.4. The first-order valence-corrected chi connectivity index (χ1v) is 6.72. The maximum atomic E-state index is 10.3. The van der Waals surface area contributed by atoms with E-state index in [-0.39, 0.29) is 6.42 Å². The second-order valence-electron chi connectivity index (χ2n) is 4.70. The summed E-state index contributed by atoms with van der Waals surface area (Å²) in [5.74, 6) is 0.175. The van der Waals surface area contributed by atoms with Crippen LogP contribution in [0.3, 0.4) is 0 Å². The third-order valence-corrected chi connectivity index (χ3v) is 2.99. The summed E-state index contributed by atoms with van der Waals surface area (Å²) in [5, 5.41) is 11.7. The molecule has 1 aromatic carbocycles. The number of nitrogens with one attached hydrogen (secondary N) is 1. The Morgan fingerprint density at radius 2 is 1.95 bits per heavy atom. The summed E-state index contributed by atoms with van der Waals surface area (Å²) in [7, 11) is 0. The molecule has 4 heteroatoms. The van der Waals surface area contributed by atoms with Crippen LogP contribution in [0.4, 0.5) is 0 Å². The lowest BCUT2D eigenvalue weighted by Crippen LogP contribution is -2.19. The SMILES string of the molecule is Cc1ccc(OCCCNCCCC(=O)O)cc1C. The predicted octanol–water partition coefficient (Wildman–Crippen LogP) is 2.53. The summed E-state index contributed by atoms with van der Waals surface area (Å²) in [6, 6.07) is 6.10. The number of hydrogen-bond donors (Lipinski definition) is 2. The second kappa shape index (κ2) is 8.53. The molecule has 0 fully saturated rings. The number of ether oxygens (including phenoxy) is 1. The molecule has 0 aliphatic heterocycles. The monoisotopic (exact) mass is 265 g/mol. The summed E-state index contributed by atoms with van der Waals surface area (Å²) in [6.45, 7) is 6.43. The Morgan fingerprint density at radius 3 is 2.63 bits per heavy atom. The van der Waals surface area contributed by atoms with Crippen LogP contribution in [-0.2, 0) is 4.79 Å². The average molecular weight is 265 g/mol. The molecule has 1 rings (SSSR count). The van der Waals surface area contributed by atoms with Crippen molar-refractivity contribution in [3.8, 4) is 5.75 Å². The molecule has 0 aliphatic rings. The highest BCUT2D eigenvalue weighted by molar-refractivity contribution is 5.66. The largest absolute Gasteiger partial charge is 0.494 e. The van der Waals surface area contributed by atoms with E-state index in [1.165, 1.54) is 11.1 Å². The van der Waals surface area contributed by atoms with E-state index < -0.39 is 5.97 Å². The molecular formula is C15H23NO3. The molecule has 0 amide bonds. The van der Waals surface area contributed by atoms with Gasteiger partial charge in [-0.2, -0.15) is 0 Å². The maximum absolute atomic E-state index is 10.3. The van der Waals surface area contributed by atoms with Crippen molar-refractivity contribution in [1.29, 1.82) is 0 Å². The molecule has 0 spiro atoms. The first kappa shape index (κ1) is 15.5. The van der Waals surface area contributed by atoms with Gasteiger partial charge in [-0.05, 0) is 63.0 Å². The zero-order chi connectivity index (χ0) is 14.1. The fraction of sp³-hybridized carbons (Fsp3) is 0.533. The van der Waals surface area contributed by atoms with Gasteiger partial charge >= 0.3 is 5.97 Å². The van der Waals surface area contributed by atoms with E-state index in [4.69, 9.17) is 9.84 Å². The van der Waals surface area contributed by atoms with Crippen molar-refractivity contribution in [1.82, 2.24) is 5.32 Å². The molecule has 0 heterocycles. The third kappa shape index (κ3) is 6.82. The molecule has 1 aromatic rings. The number of aryl methyl sites for hydroxylation is 2. The molecule has 0 saturated carbocycles. The van der Waals surface area contributed by atoms with Crippen LogP contribution >= 0.6 is 0 Å². The number of carboxylic acids is 1. The van der Waals surface area contributed by atoms with E-state index in [0.717, 1.165) is 25.3 Å². The van der Waals surface area contributed by atoms with Crippen LogP contribution in [0.25, 0.3) is 0 Å². The molecule has 0 aromatic heterocycles. The van der Waals surface area contributed by atoms with Crippen LogP contribution in [0.15, 0.2) is 18.2 Å². The van der Waals surface area contributed by atoms with Crippen molar-refractivity contribution in [3.63, 3.8) is 0 Å². The first-order valence-electron chi connectivity index (χ1n) is 6.72. The lowest BCUT2D eigenvalue weighted by molar-refractivity contribution is -0.137. The first-order chi connectivity index (χ1) is 9.09. The minimum Gasteiger partial charge on any atom is -0.494 e. The Labute approximate surface area is 114 Å². The van der Waals surface area contributed by atoms with Gasteiger partial charge in [-0.3, -0.25) is 4.79 Å². The molecule has 4 nitrogen and oxygen atoms in total. The van der Waals surface area contributed by atoms with E-state index >= 15 is 0 Å². The van der Waals surface area contributed by atoms with Crippen molar-refractivity contribution in [2.24, 2.45) is 0 Å². The van der Waals surface area contributed by atoms with Crippen molar-refractivity contribution in [2.45, 2.75) is 33.1 Å². The number of carboxylic acid groups (broad SMARTS) is 1. The molecule has 0 bridgehead atoms. The van der Waals surface area contributed by atoms with Gasteiger partial charge in [0.1, 0.15) is 5.75 Å². The molecular weight excluding hydrogens is 242 g/mol. The Bertz CT molecular complexity index is 404. The summed E-state index contributed by atoms with van der Waals surface area (Å²) in [6.07, 6.45) is 1.82. The topological polar surface area (TPSA) is 58.6 Å². The van der Waals surface area contributed by atoms with E-state index in [1.54, 1.807) is 0 Å². The van der Waals surface area contributed by atoms with Gasteiger partial charge in [0.25, 0.3) is 0 Å². The number of carbonyl (C=O) groups is 1. The summed E-state index contributed by atoms with van der Waals surface area (Å²) in [4.78, 5) is 10.3. The van der Waals surface area contributed by atoms with Gasteiger partial charge in [-0.25, -0.2) is 0 Å². The molecule has 0 saturated heterocycles. The molecule has 0 unspecified atom stereocenters. The van der Waals surface area contributed by atoms with Gasteiger partial charge in [0, 0.05) is 6.42 Å². The second-order valence-corrected chi connectivity index (χ2v) is 4.70. The average Bonchev–Trinajstić information content (AvgIpc) is 2.36. The van der Waals surface area contributed by atoms with Gasteiger partial charge in [-0.15, -0.1) is 0 Å². The van der Waals surface area contributed by atoms with Crippen LogP contribution in [-0.4, -0.2) is 30.8 Å². The van der Waals surface area contributed by atoms with Crippen molar-refractivity contribution >= 4 is 5.97 Å². The van der Waals surface area contributed by atoms with Gasteiger partial charge in [0.2, 0.25) is 0 Å². The van der Waals surface area contributed by atoms with E-state index in [1.807, 2.05) is 6.07 Å². The number of benzene rings is 1. The third-order valence-electron chi connectivity index (χ3n) is 2.99. The van der Waals surface area contributed by atoms with Crippen LogP contribution in [0.1, 0.15) is 30.4 Å². The van der Waals surface area contributed by atoms with Gasteiger partial charge < -0.3 is 15.2 Å². The van der Waals surface area contributed by atoms with Crippen molar-refractivity contribution in [2.75, 3.05) is 19.7 Å². The quantitative estimate of drug-likeness (QED) is 0.674. The Hall–Kier alpha value is -1.55. The molecule has 0 atom stereocenters. The van der Waals surface area contributed by atoms with E-state index in [2.05, 4.69) is 31.3 Å². The zero-order valence-corrected chi connectivity index (χ0v) is 11.7. The zero-order valence-electron chi connectivity index (χ0n) is 11.7. The lowest BCUT2D eigenvalue weighted by Gasteiger charge is -2.08. The number of hydrogen-bond acceptors (Lipinski definition) is 3.